The Morgan fingerprint density at radius 1 is 1.11 bits per heavy atom. The summed E-state index contributed by atoms with van der Waals surface area (Å²) in [5, 5.41) is 22.1. The minimum atomic E-state index is -1.24. The Morgan fingerprint density at radius 2 is 1.72 bits per heavy atom. The molecule has 0 spiro atoms. The molecule has 0 bridgehead atoms. The van der Waals surface area contributed by atoms with Gasteiger partial charge in [-0.05, 0) is 24.3 Å². The lowest BCUT2D eigenvalue weighted by molar-refractivity contribution is -0.129. The molecular weight excluding hydrogens is 240 g/mol. The van der Waals surface area contributed by atoms with Gasteiger partial charge in [0, 0.05) is 0 Å². The molecule has 7 heteroatoms. The Kier molecular flexibility index (Phi) is 2.80. The lowest BCUT2D eigenvalue weighted by Crippen LogP contribution is -2.19. The quantitative estimate of drug-likeness (QED) is 0.812. The maximum absolute atomic E-state index is 11.5. The summed E-state index contributed by atoms with van der Waals surface area (Å²) < 4.78 is 0. The number of aromatic carboxylic acids is 1. The Morgan fingerprint density at radius 3 is 2.17 bits per heavy atom. The number of hydrogen-bond acceptors (Lipinski definition) is 4. The third-order valence-corrected chi connectivity index (χ3v) is 2.38. The molecule has 0 atom stereocenters. The second kappa shape index (κ2) is 4.28. The number of carboxylic acid groups (broad SMARTS) is 2. The lowest BCUT2D eigenvalue weighted by atomic mass is 10.2. The highest BCUT2D eigenvalue weighted by Gasteiger charge is 2.29. The molecule has 92 valence electrons. The molecule has 0 saturated heterocycles. The number of carbonyl (C=O) groups is 3. The molecule has 0 radical (unpaired) electrons. The van der Waals surface area contributed by atoms with E-state index in [-0.39, 0.29) is 17.7 Å². The topological polar surface area (TPSA) is 107 Å². The number of hydrazone groups is 1. The fourth-order valence-electron chi connectivity index (χ4n) is 1.50. The van der Waals surface area contributed by atoms with E-state index < -0.39 is 17.8 Å². The minimum absolute atomic E-state index is 0.0767. The number of aliphatic carboxylic acids is 1. The van der Waals surface area contributed by atoms with Gasteiger partial charge in [-0.25, -0.2) is 9.59 Å². The van der Waals surface area contributed by atoms with Crippen molar-refractivity contribution in [3.8, 4) is 0 Å². The van der Waals surface area contributed by atoms with Gasteiger partial charge in [-0.1, -0.05) is 0 Å². The van der Waals surface area contributed by atoms with Crippen molar-refractivity contribution >= 4 is 29.2 Å². The maximum Gasteiger partial charge on any atom is 0.352 e. The zero-order chi connectivity index (χ0) is 13.3. The standard InChI is InChI=1S/C11H8N2O5/c14-9-5-8(11(17)18)12-13(9)7-3-1-6(2-4-7)10(15)16/h1-4H,5H2,(H,15,16)(H,17,18). The normalized spacial score (nSPS) is 14.6. The van der Waals surface area contributed by atoms with E-state index in [9.17, 15) is 14.4 Å². The monoisotopic (exact) mass is 248 g/mol. The highest BCUT2D eigenvalue weighted by Crippen LogP contribution is 2.21. The predicted molar refractivity (Wildman–Crippen MR) is 60.6 cm³/mol. The fraction of sp³-hybridized carbons (Fsp3) is 0.0909. The van der Waals surface area contributed by atoms with Crippen molar-refractivity contribution in [1.29, 1.82) is 0 Å². The molecule has 1 aliphatic heterocycles. The van der Waals surface area contributed by atoms with Gasteiger partial charge in [-0.2, -0.15) is 10.1 Å². The van der Waals surface area contributed by atoms with Crippen LogP contribution in [-0.4, -0.2) is 33.8 Å². The van der Waals surface area contributed by atoms with Crippen molar-refractivity contribution in [2.75, 3.05) is 5.01 Å². The summed E-state index contributed by atoms with van der Waals surface area (Å²) in [6.45, 7) is 0. The molecule has 1 aliphatic rings. The molecule has 18 heavy (non-hydrogen) atoms. The zero-order valence-corrected chi connectivity index (χ0v) is 9.03. The highest BCUT2D eigenvalue weighted by atomic mass is 16.4. The maximum atomic E-state index is 11.5. The third kappa shape index (κ3) is 2.05. The van der Waals surface area contributed by atoms with Crippen LogP contribution in [0.2, 0.25) is 0 Å². The van der Waals surface area contributed by atoms with E-state index in [1.54, 1.807) is 0 Å². The minimum Gasteiger partial charge on any atom is -0.478 e. The second-order valence-corrected chi connectivity index (χ2v) is 3.59. The van der Waals surface area contributed by atoms with Crippen molar-refractivity contribution in [2.45, 2.75) is 6.42 Å². The molecule has 1 amide bonds. The van der Waals surface area contributed by atoms with E-state index in [2.05, 4.69) is 5.10 Å². The first-order valence-electron chi connectivity index (χ1n) is 4.96. The molecule has 1 aromatic rings. The van der Waals surface area contributed by atoms with Crippen molar-refractivity contribution in [3.63, 3.8) is 0 Å². The largest absolute Gasteiger partial charge is 0.478 e. The Hall–Kier alpha value is -2.70. The molecule has 1 heterocycles. The first kappa shape index (κ1) is 11.8. The number of nitrogens with zero attached hydrogens (tertiary/aromatic N) is 2. The Balaban J connectivity index is 2.29. The number of carbonyl (C=O) groups excluding carboxylic acids is 1. The smallest absolute Gasteiger partial charge is 0.352 e. The van der Waals surface area contributed by atoms with Gasteiger partial charge in [0.15, 0.2) is 5.71 Å². The molecule has 0 unspecified atom stereocenters. The van der Waals surface area contributed by atoms with Gasteiger partial charge >= 0.3 is 11.9 Å². The second-order valence-electron chi connectivity index (χ2n) is 3.59. The van der Waals surface area contributed by atoms with Crippen LogP contribution in [0, 0.1) is 0 Å². The van der Waals surface area contributed by atoms with Crippen molar-refractivity contribution in [1.82, 2.24) is 0 Å². The van der Waals surface area contributed by atoms with Crippen LogP contribution in [0.3, 0.4) is 0 Å². The van der Waals surface area contributed by atoms with Gasteiger partial charge < -0.3 is 10.2 Å². The van der Waals surface area contributed by atoms with Gasteiger partial charge in [-0.3, -0.25) is 4.79 Å². The van der Waals surface area contributed by atoms with Crippen molar-refractivity contribution in [3.05, 3.63) is 29.8 Å². The average Bonchev–Trinajstić information content (AvgIpc) is 2.71. The molecule has 1 aromatic carbocycles. The summed E-state index contributed by atoms with van der Waals surface area (Å²) in [4.78, 5) is 32.9. The fourth-order valence-corrected chi connectivity index (χ4v) is 1.50. The summed E-state index contributed by atoms with van der Waals surface area (Å²) in [7, 11) is 0. The van der Waals surface area contributed by atoms with Crippen LogP contribution < -0.4 is 5.01 Å². The van der Waals surface area contributed by atoms with Crippen LogP contribution in [-0.2, 0) is 9.59 Å². The van der Waals surface area contributed by atoms with Crippen LogP contribution in [0.1, 0.15) is 16.8 Å². The van der Waals surface area contributed by atoms with Crippen LogP contribution in [0.5, 0.6) is 0 Å². The van der Waals surface area contributed by atoms with Gasteiger partial charge in [0.05, 0.1) is 17.7 Å². The summed E-state index contributed by atoms with van der Waals surface area (Å²) in [5.74, 6) is -2.78. The van der Waals surface area contributed by atoms with E-state index in [0.717, 1.165) is 5.01 Å². The molecule has 2 rings (SSSR count). The zero-order valence-electron chi connectivity index (χ0n) is 9.03. The molecule has 0 aromatic heterocycles. The summed E-state index contributed by atoms with van der Waals surface area (Å²) in [6.07, 6.45) is -0.268. The van der Waals surface area contributed by atoms with Crippen LogP contribution in [0.15, 0.2) is 29.4 Å². The number of amides is 1. The number of carboxylic acids is 2. The number of rotatable bonds is 3. The highest BCUT2D eigenvalue weighted by molar-refractivity contribution is 6.42. The molecule has 7 nitrogen and oxygen atoms in total. The van der Waals surface area contributed by atoms with E-state index in [1.165, 1.54) is 24.3 Å². The van der Waals surface area contributed by atoms with Crippen molar-refractivity contribution in [2.24, 2.45) is 5.10 Å². The van der Waals surface area contributed by atoms with Gasteiger partial charge in [0.25, 0.3) is 5.91 Å². The van der Waals surface area contributed by atoms with Gasteiger partial charge in [0.1, 0.15) is 0 Å². The van der Waals surface area contributed by atoms with E-state index in [0.29, 0.717) is 5.69 Å². The van der Waals surface area contributed by atoms with E-state index >= 15 is 0 Å². The Labute approximate surface area is 101 Å². The summed E-state index contributed by atoms with van der Waals surface area (Å²) in [5.41, 5.74) is 0.177. The predicted octanol–water partition coefficient (Wildman–Crippen LogP) is 0.562. The van der Waals surface area contributed by atoms with Crippen LogP contribution in [0.4, 0.5) is 5.69 Å². The summed E-state index contributed by atoms with van der Waals surface area (Å²) in [6, 6.07) is 5.43. The molecule has 0 fully saturated rings. The van der Waals surface area contributed by atoms with Gasteiger partial charge in [0.2, 0.25) is 0 Å². The molecule has 2 N–H and O–H groups in total. The lowest BCUT2D eigenvalue weighted by Gasteiger charge is -2.11. The van der Waals surface area contributed by atoms with E-state index in [4.69, 9.17) is 10.2 Å². The Bertz CT molecular complexity index is 561. The van der Waals surface area contributed by atoms with E-state index in [1.807, 2.05) is 0 Å². The summed E-state index contributed by atoms with van der Waals surface area (Å²) >= 11 is 0. The van der Waals surface area contributed by atoms with Crippen LogP contribution in [0.25, 0.3) is 0 Å². The number of anilines is 1. The first-order chi connectivity index (χ1) is 8.49. The molecular formula is C11H8N2O5. The number of benzene rings is 1. The molecule has 0 saturated carbocycles. The van der Waals surface area contributed by atoms with Crippen LogP contribution >= 0.6 is 0 Å². The molecule has 0 aliphatic carbocycles. The SMILES string of the molecule is O=C(O)C1=NN(c2ccc(C(=O)O)cc2)C(=O)C1. The third-order valence-electron chi connectivity index (χ3n) is 2.38. The van der Waals surface area contributed by atoms with Crippen molar-refractivity contribution < 1.29 is 24.6 Å². The number of hydrogen-bond donors (Lipinski definition) is 2. The average molecular weight is 248 g/mol. The first-order valence-corrected chi connectivity index (χ1v) is 4.96. The van der Waals surface area contributed by atoms with Gasteiger partial charge in [-0.15, -0.1) is 0 Å².